The van der Waals surface area contributed by atoms with Crippen LogP contribution >= 0.6 is 0 Å². The molecule has 1 aliphatic heterocycles. The van der Waals surface area contributed by atoms with Gasteiger partial charge in [-0.25, -0.2) is 0 Å². The molecule has 0 fully saturated rings. The number of rotatable bonds is 5. The number of carbonyl (C=O) groups is 1. The minimum Gasteiger partial charge on any atom is -0.399 e. The van der Waals surface area contributed by atoms with Gasteiger partial charge in [0.2, 0.25) is 0 Å². The second kappa shape index (κ2) is 6.48. The maximum absolute atomic E-state index is 12.8. The topological polar surface area (TPSA) is 46.3 Å². The van der Waals surface area contributed by atoms with E-state index in [-0.39, 0.29) is 5.91 Å². The first-order valence-electron chi connectivity index (χ1n) is 8.09. The highest BCUT2D eigenvalue weighted by atomic mass is 16.2. The van der Waals surface area contributed by atoms with Crippen LogP contribution in [0, 0.1) is 0 Å². The molecule has 1 heterocycles. The van der Waals surface area contributed by atoms with Crippen LogP contribution in [0.2, 0.25) is 0 Å². The average molecular weight is 290 g/mol. The third-order valence-corrected chi connectivity index (χ3v) is 5.01. The first-order chi connectivity index (χ1) is 10.0. The van der Waals surface area contributed by atoms with Gasteiger partial charge in [0.25, 0.3) is 5.91 Å². The van der Waals surface area contributed by atoms with Crippen molar-refractivity contribution in [2.45, 2.75) is 33.6 Å². The Kier molecular flexibility index (Phi) is 4.88. The Morgan fingerprint density at radius 3 is 2.52 bits per heavy atom. The van der Waals surface area contributed by atoms with Crippen molar-refractivity contribution in [2.24, 2.45) is 0 Å². The molecule has 1 aromatic rings. The van der Waals surface area contributed by atoms with E-state index in [1.807, 2.05) is 17.0 Å². The number of anilines is 2. The summed E-state index contributed by atoms with van der Waals surface area (Å²) in [5, 5.41) is 0. The van der Waals surface area contributed by atoms with E-state index >= 15 is 0 Å². The van der Waals surface area contributed by atoms with Crippen molar-refractivity contribution in [1.29, 1.82) is 0 Å². The Morgan fingerprint density at radius 1 is 1.24 bits per heavy atom. The van der Waals surface area contributed by atoms with E-state index in [4.69, 9.17) is 5.73 Å². The lowest BCUT2D eigenvalue weighted by atomic mass is 10.0. The smallest absolute Gasteiger partial charge is 0.282 e. The van der Waals surface area contributed by atoms with Gasteiger partial charge in [-0.15, -0.1) is 0 Å². The van der Waals surface area contributed by atoms with E-state index in [1.165, 1.54) is 5.56 Å². The molecule has 0 aromatic heterocycles. The van der Waals surface area contributed by atoms with Crippen LogP contribution in [0.15, 0.2) is 18.2 Å². The normalized spacial score (nSPS) is 14.9. The first kappa shape index (κ1) is 15.8. The number of fused-ring (bicyclic) bond motifs is 1. The Morgan fingerprint density at radius 2 is 1.90 bits per heavy atom. The van der Waals surface area contributed by atoms with Crippen molar-refractivity contribution >= 4 is 17.3 Å². The molecule has 21 heavy (non-hydrogen) atoms. The molecule has 0 radical (unpaired) electrons. The zero-order valence-corrected chi connectivity index (χ0v) is 13.6. The molecule has 2 rings (SSSR count). The van der Waals surface area contributed by atoms with Crippen LogP contribution in [0.25, 0.3) is 0 Å². The summed E-state index contributed by atoms with van der Waals surface area (Å²) in [6.07, 6.45) is 2.07. The number of carbonyl (C=O) groups excluding carboxylic acids is 1. The summed E-state index contributed by atoms with van der Waals surface area (Å²) in [4.78, 5) is 14.8. The molecule has 0 bridgehead atoms. The highest BCUT2D eigenvalue weighted by Gasteiger charge is 2.30. The van der Waals surface area contributed by atoms with E-state index in [1.54, 1.807) is 0 Å². The number of quaternary nitrogens is 1. The molecule has 0 saturated heterocycles. The largest absolute Gasteiger partial charge is 0.399 e. The van der Waals surface area contributed by atoms with Crippen LogP contribution in [0.1, 0.15) is 32.8 Å². The van der Waals surface area contributed by atoms with Gasteiger partial charge in [-0.2, -0.15) is 0 Å². The number of likely N-dealkylation sites (N-methyl/N-ethyl adjacent to an activating group) is 1. The number of nitrogens with two attached hydrogens (primary N) is 1. The summed E-state index contributed by atoms with van der Waals surface area (Å²) in [7, 11) is 0. The van der Waals surface area contributed by atoms with Crippen LogP contribution < -0.4 is 10.6 Å². The predicted molar refractivity (Wildman–Crippen MR) is 88.3 cm³/mol. The summed E-state index contributed by atoms with van der Waals surface area (Å²) in [6, 6.07) is 5.94. The maximum atomic E-state index is 12.8. The van der Waals surface area contributed by atoms with Gasteiger partial charge in [0.05, 0.1) is 19.6 Å². The molecular weight excluding hydrogens is 262 g/mol. The Bertz CT molecular complexity index is 500. The van der Waals surface area contributed by atoms with E-state index in [0.717, 1.165) is 54.9 Å². The third-order valence-electron chi connectivity index (χ3n) is 5.01. The van der Waals surface area contributed by atoms with Gasteiger partial charge in [0, 0.05) is 17.9 Å². The Hall–Kier alpha value is -1.55. The number of benzene rings is 1. The molecule has 0 aliphatic carbocycles. The average Bonchev–Trinajstić information content (AvgIpc) is 2.52. The third kappa shape index (κ3) is 3.21. The molecule has 4 nitrogen and oxygen atoms in total. The van der Waals surface area contributed by atoms with Crippen molar-refractivity contribution in [1.82, 2.24) is 0 Å². The van der Waals surface area contributed by atoms with Crippen LogP contribution in [-0.4, -0.2) is 43.1 Å². The first-order valence-corrected chi connectivity index (χ1v) is 8.09. The SMILES string of the molecule is CC[N+](CC)(CC)CC(=O)N1CCCc2ccc(N)cc21. The van der Waals surface area contributed by atoms with Crippen molar-refractivity contribution in [3.8, 4) is 0 Å². The van der Waals surface area contributed by atoms with Gasteiger partial charge >= 0.3 is 0 Å². The molecular formula is C17H28N3O+. The monoisotopic (exact) mass is 290 g/mol. The molecule has 0 unspecified atom stereocenters. The van der Waals surface area contributed by atoms with Gasteiger partial charge in [0.15, 0.2) is 6.54 Å². The quantitative estimate of drug-likeness (QED) is 0.669. The highest BCUT2D eigenvalue weighted by Crippen LogP contribution is 2.29. The molecule has 0 atom stereocenters. The van der Waals surface area contributed by atoms with Crippen LogP contribution in [0.5, 0.6) is 0 Å². The zero-order chi connectivity index (χ0) is 15.5. The van der Waals surface area contributed by atoms with Gasteiger partial charge in [-0.3, -0.25) is 4.79 Å². The lowest BCUT2D eigenvalue weighted by Gasteiger charge is -2.38. The number of amides is 1. The number of nitrogens with zero attached hydrogens (tertiary/aromatic N) is 2. The second-order valence-electron chi connectivity index (χ2n) is 5.99. The fourth-order valence-electron chi connectivity index (χ4n) is 3.23. The number of hydrogen-bond acceptors (Lipinski definition) is 2. The van der Waals surface area contributed by atoms with Gasteiger partial charge in [0.1, 0.15) is 0 Å². The lowest BCUT2D eigenvalue weighted by molar-refractivity contribution is -0.915. The Labute approximate surface area is 128 Å². The molecule has 2 N–H and O–H groups in total. The van der Waals surface area contributed by atoms with Crippen LogP contribution in [-0.2, 0) is 11.2 Å². The highest BCUT2D eigenvalue weighted by molar-refractivity contribution is 5.95. The van der Waals surface area contributed by atoms with Crippen molar-refractivity contribution in [3.05, 3.63) is 23.8 Å². The summed E-state index contributed by atoms with van der Waals surface area (Å²) in [5.41, 5.74) is 8.90. The van der Waals surface area contributed by atoms with Crippen molar-refractivity contribution in [2.75, 3.05) is 43.4 Å². The predicted octanol–water partition coefficient (Wildman–Crippen LogP) is 2.42. The lowest BCUT2D eigenvalue weighted by Crippen LogP contribution is -2.54. The summed E-state index contributed by atoms with van der Waals surface area (Å²) < 4.78 is 0.854. The number of nitrogen functional groups attached to an aromatic ring is 1. The zero-order valence-electron chi connectivity index (χ0n) is 13.6. The summed E-state index contributed by atoms with van der Waals surface area (Å²) in [5.74, 6) is 0.229. The van der Waals surface area contributed by atoms with Gasteiger partial charge in [-0.1, -0.05) is 6.07 Å². The molecule has 0 spiro atoms. The maximum Gasteiger partial charge on any atom is 0.282 e. The van der Waals surface area contributed by atoms with Crippen LogP contribution in [0.3, 0.4) is 0 Å². The van der Waals surface area contributed by atoms with Crippen LogP contribution in [0.4, 0.5) is 11.4 Å². The molecule has 116 valence electrons. The second-order valence-corrected chi connectivity index (χ2v) is 5.99. The van der Waals surface area contributed by atoms with E-state index in [9.17, 15) is 4.79 Å². The molecule has 4 heteroatoms. The van der Waals surface area contributed by atoms with E-state index in [2.05, 4.69) is 26.8 Å². The molecule has 1 aromatic carbocycles. The van der Waals surface area contributed by atoms with Crippen molar-refractivity contribution < 1.29 is 9.28 Å². The standard InChI is InChI=1S/C17H28N3O/c1-4-20(5-2,6-3)13-17(21)19-11-7-8-14-9-10-15(18)12-16(14)19/h9-10,12H,4-8,11,13,18H2,1-3H3/q+1. The van der Waals surface area contributed by atoms with Gasteiger partial charge < -0.3 is 15.1 Å². The molecule has 1 amide bonds. The minimum absolute atomic E-state index is 0.229. The number of aryl methyl sites for hydroxylation is 1. The molecule has 1 aliphatic rings. The number of hydrogen-bond donors (Lipinski definition) is 1. The molecule has 0 saturated carbocycles. The van der Waals surface area contributed by atoms with E-state index < -0.39 is 0 Å². The summed E-state index contributed by atoms with van der Waals surface area (Å²) >= 11 is 0. The van der Waals surface area contributed by atoms with Crippen molar-refractivity contribution in [3.63, 3.8) is 0 Å². The van der Waals surface area contributed by atoms with E-state index in [0.29, 0.717) is 6.54 Å². The fraction of sp³-hybridized carbons (Fsp3) is 0.588. The Balaban J connectivity index is 2.23. The minimum atomic E-state index is 0.229. The summed E-state index contributed by atoms with van der Waals surface area (Å²) in [6.45, 7) is 10.9. The fourth-order valence-corrected chi connectivity index (χ4v) is 3.23. The van der Waals surface area contributed by atoms with Gasteiger partial charge in [-0.05, 0) is 51.3 Å².